The Balaban J connectivity index is 2.02. The van der Waals surface area contributed by atoms with E-state index in [0.717, 1.165) is 23.2 Å². The van der Waals surface area contributed by atoms with Crippen LogP contribution in [-0.4, -0.2) is 5.91 Å². The lowest BCUT2D eigenvalue weighted by atomic mass is 10.1. The molecule has 2 heteroatoms. The fourth-order valence-electron chi connectivity index (χ4n) is 1.91. The van der Waals surface area contributed by atoms with Crippen molar-refractivity contribution in [2.75, 3.05) is 5.32 Å². The molecule has 0 spiro atoms. The Morgan fingerprint density at radius 1 is 1.41 bits per heavy atom. The molecule has 1 fully saturated rings. The van der Waals surface area contributed by atoms with E-state index in [1.54, 1.807) is 0 Å². The monoisotopic (exact) mass is 229 g/mol. The average Bonchev–Trinajstić information content (AvgIpc) is 3.04. The summed E-state index contributed by atoms with van der Waals surface area (Å²) >= 11 is 0. The molecule has 1 N–H and O–H groups in total. The van der Waals surface area contributed by atoms with Gasteiger partial charge in [-0.2, -0.15) is 0 Å². The van der Waals surface area contributed by atoms with E-state index in [0.29, 0.717) is 12.3 Å². The van der Waals surface area contributed by atoms with Crippen LogP contribution in [0.4, 0.5) is 5.69 Å². The summed E-state index contributed by atoms with van der Waals surface area (Å²) in [5, 5.41) is 3.01. The number of amides is 1. The molecule has 1 aliphatic rings. The van der Waals surface area contributed by atoms with Crippen molar-refractivity contribution in [1.82, 2.24) is 0 Å². The maximum atomic E-state index is 11.8. The minimum absolute atomic E-state index is 0.140. The summed E-state index contributed by atoms with van der Waals surface area (Å²) in [6.45, 7) is 5.92. The first-order valence-corrected chi connectivity index (χ1v) is 6.17. The van der Waals surface area contributed by atoms with Gasteiger partial charge < -0.3 is 5.32 Å². The molecule has 0 unspecified atom stereocenters. The van der Waals surface area contributed by atoms with E-state index in [-0.39, 0.29) is 5.91 Å². The number of allylic oxidation sites excluding steroid dienone is 1. The molecule has 1 aliphatic carbocycles. The van der Waals surface area contributed by atoms with Crippen LogP contribution in [0, 0.1) is 5.92 Å². The Kier molecular flexibility index (Phi) is 3.62. The lowest BCUT2D eigenvalue weighted by Gasteiger charge is -2.10. The second-order valence-electron chi connectivity index (χ2n) is 4.99. The zero-order valence-electron chi connectivity index (χ0n) is 10.3. The second kappa shape index (κ2) is 5.17. The van der Waals surface area contributed by atoms with Crippen LogP contribution in [0.5, 0.6) is 0 Å². The van der Waals surface area contributed by atoms with Gasteiger partial charge in [0, 0.05) is 12.1 Å². The average molecular weight is 229 g/mol. The number of carbonyl (C=O) groups excluding carboxylic acids is 1. The molecular weight excluding hydrogens is 210 g/mol. The minimum atomic E-state index is 0.140. The molecule has 0 radical (unpaired) electrons. The zero-order valence-corrected chi connectivity index (χ0v) is 10.3. The molecule has 1 saturated carbocycles. The van der Waals surface area contributed by atoms with Crippen LogP contribution < -0.4 is 5.32 Å². The maximum absolute atomic E-state index is 11.8. The lowest BCUT2D eigenvalue weighted by Crippen LogP contribution is -2.13. The number of nitrogens with one attached hydrogen (secondary N) is 1. The molecule has 2 rings (SSSR count). The number of hydrogen-bond donors (Lipinski definition) is 1. The summed E-state index contributed by atoms with van der Waals surface area (Å²) in [6.07, 6.45) is 3.91. The smallest absolute Gasteiger partial charge is 0.224 e. The van der Waals surface area contributed by atoms with Gasteiger partial charge in [-0.3, -0.25) is 4.79 Å². The third-order valence-corrected chi connectivity index (χ3v) is 2.95. The zero-order chi connectivity index (χ0) is 12.3. The molecule has 90 valence electrons. The standard InChI is InChI=1S/C15H19NO/c1-11(2)9-13-5-3-4-6-14(13)16-15(17)10-12-7-8-12/h3-6,12H,1,7-10H2,2H3,(H,16,17). The summed E-state index contributed by atoms with van der Waals surface area (Å²) in [5.74, 6) is 0.768. The van der Waals surface area contributed by atoms with Crippen LogP contribution in [0.25, 0.3) is 0 Å². The molecule has 0 saturated heterocycles. The summed E-state index contributed by atoms with van der Waals surface area (Å²) in [7, 11) is 0. The SMILES string of the molecule is C=C(C)Cc1ccccc1NC(=O)CC1CC1. The van der Waals surface area contributed by atoms with Crippen LogP contribution in [0.2, 0.25) is 0 Å². The predicted molar refractivity (Wildman–Crippen MR) is 70.9 cm³/mol. The fraction of sp³-hybridized carbons (Fsp3) is 0.400. The van der Waals surface area contributed by atoms with Gasteiger partial charge >= 0.3 is 0 Å². The molecule has 0 bridgehead atoms. The van der Waals surface area contributed by atoms with E-state index in [4.69, 9.17) is 0 Å². The van der Waals surface area contributed by atoms with Gasteiger partial charge in [-0.25, -0.2) is 0 Å². The highest BCUT2D eigenvalue weighted by Gasteiger charge is 2.24. The van der Waals surface area contributed by atoms with Gasteiger partial charge in [0.1, 0.15) is 0 Å². The third-order valence-electron chi connectivity index (χ3n) is 2.95. The number of hydrogen-bond acceptors (Lipinski definition) is 1. The van der Waals surface area contributed by atoms with E-state index >= 15 is 0 Å². The van der Waals surface area contributed by atoms with Crippen molar-refractivity contribution in [3.8, 4) is 0 Å². The predicted octanol–water partition coefficient (Wildman–Crippen LogP) is 3.54. The highest BCUT2D eigenvalue weighted by atomic mass is 16.1. The molecule has 2 nitrogen and oxygen atoms in total. The Morgan fingerprint density at radius 3 is 2.76 bits per heavy atom. The van der Waals surface area contributed by atoms with E-state index in [1.807, 2.05) is 31.2 Å². The first-order chi connectivity index (χ1) is 8.15. The number of carbonyl (C=O) groups is 1. The molecule has 1 amide bonds. The van der Waals surface area contributed by atoms with Gasteiger partial charge in [0.05, 0.1) is 0 Å². The van der Waals surface area contributed by atoms with Gasteiger partial charge in [-0.05, 0) is 43.7 Å². The molecular formula is C15H19NO. The van der Waals surface area contributed by atoms with Crippen molar-refractivity contribution in [2.24, 2.45) is 5.92 Å². The van der Waals surface area contributed by atoms with Crippen molar-refractivity contribution in [3.05, 3.63) is 42.0 Å². The molecule has 1 aromatic rings. The van der Waals surface area contributed by atoms with Crippen LogP contribution in [0.1, 0.15) is 31.7 Å². The Labute approximate surface area is 103 Å². The molecule has 0 aliphatic heterocycles. The quantitative estimate of drug-likeness (QED) is 0.769. The largest absolute Gasteiger partial charge is 0.326 e. The van der Waals surface area contributed by atoms with Crippen LogP contribution in [0.15, 0.2) is 36.4 Å². The van der Waals surface area contributed by atoms with E-state index in [9.17, 15) is 4.79 Å². The van der Waals surface area contributed by atoms with E-state index in [1.165, 1.54) is 12.8 Å². The lowest BCUT2D eigenvalue weighted by molar-refractivity contribution is -0.116. The van der Waals surface area contributed by atoms with Crippen LogP contribution in [-0.2, 0) is 11.2 Å². The molecule has 1 aromatic carbocycles. The fourth-order valence-corrected chi connectivity index (χ4v) is 1.91. The van der Waals surface area contributed by atoms with Gasteiger partial charge in [-0.1, -0.05) is 30.4 Å². The molecule has 17 heavy (non-hydrogen) atoms. The van der Waals surface area contributed by atoms with E-state index in [2.05, 4.69) is 11.9 Å². The highest BCUT2D eigenvalue weighted by Crippen LogP contribution is 2.32. The second-order valence-corrected chi connectivity index (χ2v) is 4.99. The number of rotatable bonds is 5. The number of para-hydroxylation sites is 1. The Morgan fingerprint density at radius 2 is 2.12 bits per heavy atom. The minimum Gasteiger partial charge on any atom is -0.326 e. The van der Waals surface area contributed by atoms with Crippen molar-refractivity contribution in [3.63, 3.8) is 0 Å². The Bertz CT molecular complexity index is 432. The third kappa shape index (κ3) is 3.74. The normalized spacial score (nSPS) is 14.4. The Hall–Kier alpha value is -1.57. The first-order valence-electron chi connectivity index (χ1n) is 6.17. The van der Waals surface area contributed by atoms with Gasteiger partial charge in [0.25, 0.3) is 0 Å². The number of anilines is 1. The van der Waals surface area contributed by atoms with Crippen molar-refractivity contribution >= 4 is 11.6 Å². The van der Waals surface area contributed by atoms with Crippen molar-refractivity contribution in [1.29, 1.82) is 0 Å². The van der Waals surface area contributed by atoms with Gasteiger partial charge in [0.15, 0.2) is 0 Å². The van der Waals surface area contributed by atoms with E-state index < -0.39 is 0 Å². The molecule has 0 heterocycles. The van der Waals surface area contributed by atoms with Crippen LogP contribution >= 0.6 is 0 Å². The highest BCUT2D eigenvalue weighted by molar-refractivity contribution is 5.91. The molecule has 0 atom stereocenters. The van der Waals surface area contributed by atoms with Crippen molar-refractivity contribution < 1.29 is 4.79 Å². The van der Waals surface area contributed by atoms with Crippen LogP contribution in [0.3, 0.4) is 0 Å². The topological polar surface area (TPSA) is 29.1 Å². The first kappa shape index (κ1) is 11.9. The summed E-state index contributed by atoms with van der Waals surface area (Å²) in [5.41, 5.74) is 3.18. The summed E-state index contributed by atoms with van der Waals surface area (Å²) in [4.78, 5) is 11.8. The van der Waals surface area contributed by atoms with Crippen molar-refractivity contribution in [2.45, 2.75) is 32.6 Å². The van der Waals surface area contributed by atoms with Gasteiger partial charge in [-0.15, -0.1) is 0 Å². The molecule has 0 aromatic heterocycles. The van der Waals surface area contributed by atoms with Gasteiger partial charge in [0.2, 0.25) is 5.91 Å². The summed E-state index contributed by atoms with van der Waals surface area (Å²) < 4.78 is 0. The summed E-state index contributed by atoms with van der Waals surface area (Å²) in [6, 6.07) is 7.95. The number of benzene rings is 1. The maximum Gasteiger partial charge on any atom is 0.224 e.